The van der Waals surface area contributed by atoms with Gasteiger partial charge in [-0.1, -0.05) is 12.2 Å². The molecule has 10 heavy (non-hydrogen) atoms. The van der Waals surface area contributed by atoms with Gasteiger partial charge in [0.25, 0.3) is 0 Å². The molecule has 0 amide bonds. The summed E-state index contributed by atoms with van der Waals surface area (Å²) in [6.45, 7) is 0. The molecule has 0 aromatic rings. The van der Waals surface area contributed by atoms with Crippen molar-refractivity contribution in [2.24, 2.45) is 0 Å². The van der Waals surface area contributed by atoms with Crippen LogP contribution in [0.15, 0.2) is 23.8 Å². The van der Waals surface area contributed by atoms with Crippen LogP contribution in [0.5, 0.6) is 0 Å². The molecule has 1 aliphatic rings. The van der Waals surface area contributed by atoms with Crippen LogP contribution in [0, 0.1) is 0 Å². The van der Waals surface area contributed by atoms with Crippen molar-refractivity contribution in [3.8, 4) is 0 Å². The number of allylic oxidation sites excluding steroid dienone is 3. The van der Waals surface area contributed by atoms with Gasteiger partial charge in [-0.25, -0.2) is 4.79 Å². The minimum atomic E-state index is -1.07. The Morgan fingerprint density at radius 1 is 1.70 bits per heavy atom. The van der Waals surface area contributed by atoms with E-state index in [9.17, 15) is 9.59 Å². The second-order valence-electron chi connectivity index (χ2n) is 1.97. The lowest BCUT2D eigenvalue weighted by Gasteiger charge is -1.86. The minimum Gasteiger partial charge on any atom is -0.478 e. The lowest BCUT2D eigenvalue weighted by atomic mass is 10.2. The first-order chi connectivity index (χ1) is 4.70. The number of Topliss-reactive ketones (excluding diaryl/α,β-unsaturated/α-hetero) is 1. The smallest absolute Gasteiger partial charge is 0.329 e. The van der Waals surface area contributed by atoms with E-state index in [4.69, 9.17) is 5.11 Å². The molecule has 0 heterocycles. The molecule has 0 bridgehead atoms. The molecule has 0 fully saturated rings. The van der Waals surface area contributed by atoms with Crippen molar-refractivity contribution in [2.75, 3.05) is 0 Å². The summed E-state index contributed by atoms with van der Waals surface area (Å²) in [5.41, 5.74) is 0.285. The van der Waals surface area contributed by atoms with Gasteiger partial charge in [0.1, 0.15) is 0 Å². The van der Waals surface area contributed by atoms with Crippen LogP contribution in [0.4, 0.5) is 0 Å². The lowest BCUT2D eigenvalue weighted by Crippen LogP contribution is -1.96. The molecule has 0 radical (unpaired) electrons. The predicted octanol–water partition coefficient (Wildman–Crippen LogP) is 0.526. The van der Waals surface area contributed by atoms with E-state index in [-0.39, 0.29) is 11.4 Å². The summed E-state index contributed by atoms with van der Waals surface area (Å²) in [5.74, 6) is -1.20. The molecular formula is C7H6O3. The van der Waals surface area contributed by atoms with Crippen LogP contribution in [0.1, 0.15) is 6.42 Å². The first-order valence-corrected chi connectivity index (χ1v) is 2.84. The Kier molecular flexibility index (Phi) is 1.67. The summed E-state index contributed by atoms with van der Waals surface area (Å²) in [6, 6.07) is 0. The van der Waals surface area contributed by atoms with Crippen molar-refractivity contribution in [3.63, 3.8) is 0 Å². The van der Waals surface area contributed by atoms with E-state index < -0.39 is 5.97 Å². The third-order valence-electron chi connectivity index (χ3n) is 1.20. The molecule has 0 aliphatic heterocycles. The number of rotatable bonds is 1. The van der Waals surface area contributed by atoms with E-state index in [1.54, 1.807) is 6.08 Å². The van der Waals surface area contributed by atoms with Gasteiger partial charge in [0, 0.05) is 18.1 Å². The zero-order valence-corrected chi connectivity index (χ0v) is 5.20. The molecule has 0 saturated carbocycles. The summed E-state index contributed by atoms with van der Waals surface area (Å²) in [4.78, 5) is 20.8. The number of carbonyl (C=O) groups excluding carboxylic acids is 1. The Bertz CT molecular complexity index is 235. The lowest BCUT2D eigenvalue weighted by molar-refractivity contribution is -0.131. The molecule has 0 aromatic carbocycles. The van der Waals surface area contributed by atoms with E-state index in [2.05, 4.69) is 0 Å². The third kappa shape index (κ3) is 1.31. The van der Waals surface area contributed by atoms with Crippen LogP contribution < -0.4 is 0 Å². The SMILES string of the molecule is O=C(O)/C=C1\C=CCC1=O. The average Bonchev–Trinajstić information content (AvgIpc) is 2.15. The summed E-state index contributed by atoms with van der Waals surface area (Å²) in [6.07, 6.45) is 4.43. The van der Waals surface area contributed by atoms with Crippen molar-refractivity contribution < 1.29 is 14.7 Å². The van der Waals surface area contributed by atoms with Crippen LogP contribution in [0.25, 0.3) is 0 Å². The van der Waals surface area contributed by atoms with Crippen molar-refractivity contribution in [3.05, 3.63) is 23.8 Å². The maximum absolute atomic E-state index is 10.7. The fraction of sp³-hybridized carbons (Fsp3) is 0.143. The van der Waals surface area contributed by atoms with E-state index >= 15 is 0 Å². The molecule has 1 N–H and O–H groups in total. The molecule has 0 saturated heterocycles. The third-order valence-corrected chi connectivity index (χ3v) is 1.20. The monoisotopic (exact) mass is 138 g/mol. The molecule has 1 aliphatic carbocycles. The highest BCUT2D eigenvalue weighted by Crippen LogP contribution is 2.10. The van der Waals surface area contributed by atoms with Gasteiger partial charge in [0.15, 0.2) is 5.78 Å². The quantitative estimate of drug-likeness (QED) is 0.537. The highest BCUT2D eigenvalue weighted by atomic mass is 16.4. The van der Waals surface area contributed by atoms with Gasteiger partial charge in [-0.15, -0.1) is 0 Å². The number of carboxylic acids is 1. The normalized spacial score (nSPS) is 20.4. The molecule has 52 valence electrons. The van der Waals surface area contributed by atoms with Gasteiger partial charge in [0.05, 0.1) is 0 Å². The molecule has 3 nitrogen and oxygen atoms in total. The first-order valence-electron chi connectivity index (χ1n) is 2.84. The Morgan fingerprint density at radius 2 is 2.40 bits per heavy atom. The topological polar surface area (TPSA) is 54.4 Å². The fourth-order valence-corrected chi connectivity index (χ4v) is 0.765. The number of hydrogen-bond acceptors (Lipinski definition) is 2. The second-order valence-corrected chi connectivity index (χ2v) is 1.97. The summed E-state index contributed by atoms with van der Waals surface area (Å²) in [5, 5.41) is 8.23. The highest BCUT2D eigenvalue weighted by molar-refractivity contribution is 6.05. The molecular weight excluding hydrogens is 132 g/mol. The van der Waals surface area contributed by atoms with Crippen molar-refractivity contribution in [1.29, 1.82) is 0 Å². The molecule has 0 aromatic heterocycles. The maximum Gasteiger partial charge on any atom is 0.329 e. The molecule has 1 rings (SSSR count). The van der Waals surface area contributed by atoms with Crippen molar-refractivity contribution in [2.45, 2.75) is 6.42 Å². The maximum atomic E-state index is 10.7. The van der Waals surface area contributed by atoms with E-state index in [1.807, 2.05) is 0 Å². The van der Waals surface area contributed by atoms with E-state index in [0.717, 1.165) is 6.08 Å². The van der Waals surface area contributed by atoms with Gasteiger partial charge in [-0.2, -0.15) is 0 Å². The van der Waals surface area contributed by atoms with E-state index in [0.29, 0.717) is 6.42 Å². The van der Waals surface area contributed by atoms with Gasteiger partial charge in [-0.05, 0) is 0 Å². The summed E-state index contributed by atoms with van der Waals surface area (Å²) < 4.78 is 0. The zero-order valence-electron chi connectivity index (χ0n) is 5.20. The van der Waals surface area contributed by atoms with E-state index in [1.165, 1.54) is 6.08 Å². The zero-order chi connectivity index (χ0) is 7.56. The predicted molar refractivity (Wildman–Crippen MR) is 34.5 cm³/mol. The molecule has 3 heteroatoms. The Morgan fingerprint density at radius 3 is 2.80 bits per heavy atom. The van der Waals surface area contributed by atoms with Crippen LogP contribution in [-0.4, -0.2) is 16.9 Å². The van der Waals surface area contributed by atoms with Crippen LogP contribution >= 0.6 is 0 Å². The number of ketones is 1. The summed E-state index contributed by atoms with van der Waals surface area (Å²) >= 11 is 0. The number of carboxylic acid groups (broad SMARTS) is 1. The summed E-state index contributed by atoms with van der Waals surface area (Å²) in [7, 11) is 0. The fourth-order valence-electron chi connectivity index (χ4n) is 0.765. The van der Waals surface area contributed by atoms with Crippen molar-refractivity contribution in [1.82, 2.24) is 0 Å². The van der Waals surface area contributed by atoms with Crippen molar-refractivity contribution >= 4 is 11.8 Å². The van der Waals surface area contributed by atoms with Crippen LogP contribution in [-0.2, 0) is 9.59 Å². The molecule has 0 atom stereocenters. The standard InChI is InChI=1S/C7H6O3/c8-6-3-1-2-5(6)4-7(9)10/h1-2,4H,3H2,(H,9,10)/b5-4+. The first kappa shape index (κ1) is 6.74. The molecule has 0 spiro atoms. The minimum absolute atomic E-state index is 0.123. The van der Waals surface area contributed by atoms with Gasteiger partial charge < -0.3 is 5.11 Å². The van der Waals surface area contributed by atoms with Gasteiger partial charge in [0.2, 0.25) is 0 Å². The molecule has 0 unspecified atom stereocenters. The second kappa shape index (κ2) is 2.47. The number of aliphatic carboxylic acids is 1. The highest BCUT2D eigenvalue weighted by Gasteiger charge is 2.11. The number of hydrogen-bond donors (Lipinski definition) is 1. The van der Waals surface area contributed by atoms with Gasteiger partial charge in [-0.3, -0.25) is 4.79 Å². The Hall–Kier alpha value is -1.38. The van der Waals surface area contributed by atoms with Gasteiger partial charge >= 0.3 is 5.97 Å². The largest absolute Gasteiger partial charge is 0.478 e. The average molecular weight is 138 g/mol. The van der Waals surface area contributed by atoms with Crippen LogP contribution in [0.2, 0.25) is 0 Å². The Labute approximate surface area is 57.7 Å². The van der Waals surface area contributed by atoms with Crippen LogP contribution in [0.3, 0.4) is 0 Å². The Balaban J connectivity index is 2.82. The number of carbonyl (C=O) groups is 2.